The zero-order chi connectivity index (χ0) is 11.7. The zero-order valence-electron chi connectivity index (χ0n) is 9.14. The minimum absolute atomic E-state index is 0.197. The molecule has 16 heavy (non-hydrogen) atoms. The lowest BCUT2D eigenvalue weighted by Crippen LogP contribution is -1.99. The summed E-state index contributed by atoms with van der Waals surface area (Å²) in [6.07, 6.45) is 0.761. The molecule has 2 rings (SSSR count). The van der Waals surface area contributed by atoms with Crippen molar-refractivity contribution in [3.63, 3.8) is 0 Å². The second-order valence-corrected chi connectivity index (χ2v) is 3.56. The Morgan fingerprint density at radius 3 is 2.62 bits per heavy atom. The number of pyridine rings is 1. The molecule has 0 amide bonds. The molecule has 0 radical (unpaired) electrons. The van der Waals surface area contributed by atoms with Crippen LogP contribution in [-0.4, -0.2) is 12.0 Å². The molecular formula is C12H12F2N2. The molecule has 1 aromatic carbocycles. The van der Waals surface area contributed by atoms with Gasteiger partial charge in [0.15, 0.2) is 5.82 Å². The highest BCUT2D eigenvalue weighted by Gasteiger charge is 2.09. The van der Waals surface area contributed by atoms with E-state index in [1.54, 1.807) is 13.1 Å². The fourth-order valence-corrected chi connectivity index (χ4v) is 1.74. The van der Waals surface area contributed by atoms with E-state index in [0.717, 1.165) is 18.1 Å². The highest BCUT2D eigenvalue weighted by Crippen LogP contribution is 2.23. The van der Waals surface area contributed by atoms with E-state index in [4.69, 9.17) is 0 Å². The Kier molecular flexibility index (Phi) is 2.73. The van der Waals surface area contributed by atoms with E-state index in [-0.39, 0.29) is 5.52 Å². The van der Waals surface area contributed by atoms with Crippen LogP contribution in [0.5, 0.6) is 0 Å². The van der Waals surface area contributed by atoms with Crippen LogP contribution in [0.2, 0.25) is 0 Å². The van der Waals surface area contributed by atoms with Crippen molar-refractivity contribution < 1.29 is 8.78 Å². The van der Waals surface area contributed by atoms with Gasteiger partial charge in [-0.25, -0.2) is 13.8 Å². The molecule has 0 unspecified atom stereocenters. The molecule has 84 valence electrons. The van der Waals surface area contributed by atoms with Crippen LogP contribution < -0.4 is 5.32 Å². The fourth-order valence-electron chi connectivity index (χ4n) is 1.74. The second-order valence-electron chi connectivity index (χ2n) is 3.56. The summed E-state index contributed by atoms with van der Waals surface area (Å²) in [6.45, 7) is 1.97. The third-order valence-electron chi connectivity index (χ3n) is 2.53. The number of anilines is 1. The molecule has 0 saturated carbocycles. The Bertz CT molecular complexity index is 538. The van der Waals surface area contributed by atoms with Crippen LogP contribution in [0.1, 0.15) is 12.5 Å². The highest BCUT2D eigenvalue weighted by molar-refractivity contribution is 5.82. The second kappa shape index (κ2) is 4.04. The lowest BCUT2D eigenvalue weighted by molar-refractivity contribution is 0.590. The van der Waals surface area contributed by atoms with Crippen molar-refractivity contribution in [2.24, 2.45) is 0 Å². The van der Waals surface area contributed by atoms with Gasteiger partial charge in [0.2, 0.25) is 0 Å². The van der Waals surface area contributed by atoms with Crippen molar-refractivity contribution in [2.75, 3.05) is 12.4 Å². The average Bonchev–Trinajstić information content (AvgIpc) is 2.27. The molecule has 1 aromatic heterocycles. The van der Waals surface area contributed by atoms with Crippen molar-refractivity contribution in [2.45, 2.75) is 13.3 Å². The largest absolute Gasteiger partial charge is 0.373 e. The molecule has 4 heteroatoms. The summed E-state index contributed by atoms with van der Waals surface area (Å²) in [5.41, 5.74) is 1.14. The Morgan fingerprint density at radius 1 is 1.25 bits per heavy atom. The minimum Gasteiger partial charge on any atom is -0.373 e. The minimum atomic E-state index is -0.630. The average molecular weight is 222 g/mol. The maximum Gasteiger partial charge on any atom is 0.152 e. The van der Waals surface area contributed by atoms with Gasteiger partial charge >= 0.3 is 0 Å². The smallest absolute Gasteiger partial charge is 0.152 e. The topological polar surface area (TPSA) is 24.9 Å². The monoisotopic (exact) mass is 222 g/mol. The summed E-state index contributed by atoms with van der Waals surface area (Å²) in [5, 5.41) is 3.40. The first-order chi connectivity index (χ1) is 7.65. The van der Waals surface area contributed by atoms with Gasteiger partial charge in [0.1, 0.15) is 17.2 Å². The van der Waals surface area contributed by atoms with E-state index in [1.165, 1.54) is 6.07 Å². The van der Waals surface area contributed by atoms with E-state index in [2.05, 4.69) is 10.3 Å². The molecular weight excluding hydrogens is 210 g/mol. The van der Waals surface area contributed by atoms with Gasteiger partial charge in [0.25, 0.3) is 0 Å². The molecule has 0 aliphatic carbocycles. The standard InChI is InChI=1S/C12H12F2N2/c1-3-7-4-8-5-9(13)6-10(14)11(8)16-12(7)15-2/h4-6H,3H2,1-2H3,(H,15,16). The summed E-state index contributed by atoms with van der Waals surface area (Å²) in [7, 11) is 1.73. The lowest BCUT2D eigenvalue weighted by Gasteiger charge is -2.08. The third kappa shape index (κ3) is 1.71. The van der Waals surface area contributed by atoms with Crippen LogP contribution in [0, 0.1) is 11.6 Å². The number of nitrogens with zero attached hydrogens (tertiary/aromatic N) is 1. The first kappa shape index (κ1) is 10.8. The van der Waals surface area contributed by atoms with E-state index in [9.17, 15) is 8.78 Å². The van der Waals surface area contributed by atoms with Crippen molar-refractivity contribution in [3.8, 4) is 0 Å². The van der Waals surface area contributed by atoms with Gasteiger partial charge in [-0.1, -0.05) is 6.92 Å². The number of nitrogens with one attached hydrogen (secondary N) is 1. The van der Waals surface area contributed by atoms with Gasteiger partial charge in [-0.3, -0.25) is 0 Å². The van der Waals surface area contributed by atoms with Crippen molar-refractivity contribution in [1.82, 2.24) is 4.98 Å². The zero-order valence-corrected chi connectivity index (χ0v) is 9.14. The van der Waals surface area contributed by atoms with Crippen LogP contribution in [0.25, 0.3) is 10.9 Å². The Balaban J connectivity index is 2.78. The van der Waals surface area contributed by atoms with Gasteiger partial charge in [0, 0.05) is 18.5 Å². The molecule has 0 aliphatic heterocycles. The first-order valence-corrected chi connectivity index (χ1v) is 5.12. The quantitative estimate of drug-likeness (QED) is 0.844. The van der Waals surface area contributed by atoms with Crippen molar-refractivity contribution >= 4 is 16.7 Å². The Labute approximate surface area is 92.3 Å². The van der Waals surface area contributed by atoms with E-state index < -0.39 is 11.6 Å². The summed E-state index contributed by atoms with van der Waals surface area (Å²) in [5.74, 6) is -0.569. The van der Waals surface area contributed by atoms with Crippen LogP contribution >= 0.6 is 0 Å². The van der Waals surface area contributed by atoms with Gasteiger partial charge in [-0.2, -0.15) is 0 Å². The number of aromatic nitrogens is 1. The predicted octanol–water partition coefficient (Wildman–Crippen LogP) is 3.12. The van der Waals surface area contributed by atoms with E-state index in [1.807, 2.05) is 6.92 Å². The molecule has 1 N–H and O–H groups in total. The number of aryl methyl sites for hydroxylation is 1. The maximum absolute atomic E-state index is 13.5. The lowest BCUT2D eigenvalue weighted by atomic mass is 10.1. The van der Waals surface area contributed by atoms with Crippen molar-refractivity contribution in [1.29, 1.82) is 0 Å². The van der Waals surface area contributed by atoms with Crippen molar-refractivity contribution in [3.05, 3.63) is 35.4 Å². The number of hydrogen-bond acceptors (Lipinski definition) is 2. The Hall–Kier alpha value is -1.71. The van der Waals surface area contributed by atoms with Gasteiger partial charge in [-0.05, 0) is 24.1 Å². The molecule has 0 bridgehead atoms. The number of halogens is 2. The third-order valence-corrected chi connectivity index (χ3v) is 2.53. The molecule has 0 fully saturated rings. The van der Waals surface area contributed by atoms with Gasteiger partial charge < -0.3 is 5.32 Å². The van der Waals surface area contributed by atoms with Gasteiger partial charge in [-0.15, -0.1) is 0 Å². The summed E-state index contributed by atoms with van der Waals surface area (Å²) >= 11 is 0. The van der Waals surface area contributed by atoms with E-state index in [0.29, 0.717) is 11.2 Å². The molecule has 0 aliphatic rings. The molecule has 0 atom stereocenters. The normalized spacial score (nSPS) is 10.8. The van der Waals surface area contributed by atoms with E-state index >= 15 is 0 Å². The highest BCUT2D eigenvalue weighted by atomic mass is 19.1. The van der Waals surface area contributed by atoms with Crippen LogP contribution in [0.15, 0.2) is 18.2 Å². The Morgan fingerprint density at radius 2 is 2.00 bits per heavy atom. The fraction of sp³-hybridized carbons (Fsp3) is 0.250. The number of hydrogen-bond donors (Lipinski definition) is 1. The molecule has 1 heterocycles. The maximum atomic E-state index is 13.5. The number of benzene rings is 1. The predicted molar refractivity (Wildman–Crippen MR) is 60.6 cm³/mol. The number of fused-ring (bicyclic) bond motifs is 1. The summed E-state index contributed by atoms with van der Waals surface area (Å²) in [6, 6.07) is 3.91. The summed E-state index contributed by atoms with van der Waals surface area (Å²) in [4.78, 5) is 4.15. The first-order valence-electron chi connectivity index (χ1n) is 5.12. The SMILES string of the molecule is CCc1cc2cc(F)cc(F)c2nc1NC. The molecule has 0 saturated heterocycles. The summed E-state index contributed by atoms with van der Waals surface area (Å²) < 4.78 is 26.5. The number of rotatable bonds is 2. The van der Waals surface area contributed by atoms with Crippen LogP contribution in [0.3, 0.4) is 0 Å². The molecule has 0 spiro atoms. The molecule has 2 aromatic rings. The van der Waals surface area contributed by atoms with Crippen LogP contribution in [0.4, 0.5) is 14.6 Å². The van der Waals surface area contributed by atoms with Gasteiger partial charge in [0.05, 0.1) is 0 Å². The van der Waals surface area contributed by atoms with Crippen LogP contribution in [-0.2, 0) is 6.42 Å². The molecule has 2 nitrogen and oxygen atoms in total.